The number of nitrogens with zero attached hydrogens (tertiary/aromatic N) is 3. The van der Waals surface area contributed by atoms with Gasteiger partial charge in [0.15, 0.2) is 0 Å². The number of aryl methyl sites for hydroxylation is 1. The molecule has 2 heterocycles. The lowest BCUT2D eigenvalue weighted by atomic mass is 10.2. The lowest BCUT2D eigenvalue weighted by molar-refractivity contribution is 0.0934. The number of hydrogen-bond donors (Lipinski definition) is 1. The average molecular weight is 309 g/mol. The van der Waals surface area contributed by atoms with Crippen LogP contribution in [0, 0.1) is 0 Å². The van der Waals surface area contributed by atoms with Crippen molar-refractivity contribution < 1.29 is 9.53 Å². The Morgan fingerprint density at radius 2 is 2.29 bits per heavy atom. The lowest BCUT2D eigenvalue weighted by Crippen LogP contribution is -2.27. The number of aromatic nitrogens is 3. The van der Waals surface area contributed by atoms with E-state index in [0.717, 1.165) is 5.69 Å². The van der Waals surface area contributed by atoms with Crippen molar-refractivity contribution in [3.8, 4) is 0 Å². The Kier molecular flexibility index (Phi) is 4.93. The van der Waals surface area contributed by atoms with E-state index in [9.17, 15) is 4.79 Å². The summed E-state index contributed by atoms with van der Waals surface area (Å²) in [5.74, 6) is -0.209. The van der Waals surface area contributed by atoms with Gasteiger partial charge in [-0.1, -0.05) is 11.6 Å². The summed E-state index contributed by atoms with van der Waals surface area (Å²) in [6.07, 6.45) is 3.23. The molecule has 21 heavy (non-hydrogen) atoms. The summed E-state index contributed by atoms with van der Waals surface area (Å²) in [6.45, 7) is 2.15. The zero-order valence-electron chi connectivity index (χ0n) is 12.1. The minimum Gasteiger partial charge on any atom is -0.378 e. The van der Waals surface area contributed by atoms with Gasteiger partial charge in [-0.2, -0.15) is 5.10 Å². The molecule has 1 amide bonds. The zero-order chi connectivity index (χ0) is 15.4. The maximum absolute atomic E-state index is 12.3. The standard InChI is InChI=1S/C14H17ClN4O2/c1-9(12-5-4-10(15)6-16-12)17-14(20)11-7-19(2)18-13(11)8-21-3/h4-7,9H,8H2,1-3H3,(H,17,20)/t9-/m1/s1. The molecule has 2 rings (SSSR count). The fraction of sp³-hybridized carbons (Fsp3) is 0.357. The number of carbonyl (C=O) groups is 1. The molecular formula is C14H17ClN4O2. The number of hydrogen-bond acceptors (Lipinski definition) is 4. The normalized spacial score (nSPS) is 12.2. The maximum Gasteiger partial charge on any atom is 0.255 e. The molecule has 0 bridgehead atoms. The van der Waals surface area contributed by atoms with Crippen molar-refractivity contribution in [3.05, 3.63) is 46.5 Å². The molecule has 0 spiro atoms. The van der Waals surface area contributed by atoms with Crippen molar-refractivity contribution in [2.45, 2.75) is 19.6 Å². The summed E-state index contributed by atoms with van der Waals surface area (Å²) in [5, 5.41) is 7.66. The molecule has 0 aliphatic rings. The quantitative estimate of drug-likeness (QED) is 0.918. The highest BCUT2D eigenvalue weighted by Crippen LogP contribution is 2.15. The van der Waals surface area contributed by atoms with Crippen molar-refractivity contribution in [2.75, 3.05) is 7.11 Å². The van der Waals surface area contributed by atoms with Crippen LogP contribution in [0.5, 0.6) is 0 Å². The molecule has 0 aromatic carbocycles. The van der Waals surface area contributed by atoms with Crippen LogP contribution in [-0.4, -0.2) is 27.8 Å². The molecule has 2 aromatic heterocycles. The van der Waals surface area contributed by atoms with E-state index in [2.05, 4.69) is 15.4 Å². The van der Waals surface area contributed by atoms with Crippen LogP contribution in [0.25, 0.3) is 0 Å². The first-order valence-corrected chi connectivity index (χ1v) is 6.83. The van der Waals surface area contributed by atoms with Gasteiger partial charge in [0.2, 0.25) is 0 Å². The van der Waals surface area contributed by atoms with Crippen LogP contribution in [0.4, 0.5) is 0 Å². The summed E-state index contributed by atoms with van der Waals surface area (Å²) in [4.78, 5) is 16.5. The monoisotopic (exact) mass is 308 g/mol. The highest BCUT2D eigenvalue weighted by molar-refractivity contribution is 6.30. The van der Waals surface area contributed by atoms with Gasteiger partial charge in [-0.25, -0.2) is 0 Å². The minimum atomic E-state index is -0.231. The number of rotatable bonds is 5. The fourth-order valence-electron chi connectivity index (χ4n) is 1.96. The number of amides is 1. The number of halogens is 1. The average Bonchev–Trinajstić information content (AvgIpc) is 2.81. The first-order valence-electron chi connectivity index (χ1n) is 6.45. The summed E-state index contributed by atoms with van der Waals surface area (Å²) in [7, 11) is 3.33. The van der Waals surface area contributed by atoms with Crippen LogP contribution in [0.1, 0.15) is 34.7 Å². The molecule has 0 saturated carbocycles. The van der Waals surface area contributed by atoms with Gasteiger partial charge < -0.3 is 10.1 Å². The number of carbonyl (C=O) groups excluding carboxylic acids is 1. The highest BCUT2D eigenvalue weighted by Gasteiger charge is 2.18. The molecule has 0 aliphatic heterocycles. The van der Waals surface area contributed by atoms with E-state index in [-0.39, 0.29) is 18.6 Å². The fourth-order valence-corrected chi connectivity index (χ4v) is 2.07. The Labute approximate surface area is 128 Å². The van der Waals surface area contributed by atoms with Gasteiger partial charge in [-0.15, -0.1) is 0 Å². The van der Waals surface area contributed by atoms with Gasteiger partial charge in [-0.05, 0) is 19.1 Å². The minimum absolute atomic E-state index is 0.209. The summed E-state index contributed by atoms with van der Waals surface area (Å²) in [6, 6.07) is 3.30. The van der Waals surface area contributed by atoms with Crippen molar-refractivity contribution in [2.24, 2.45) is 7.05 Å². The van der Waals surface area contributed by atoms with Crippen LogP contribution in [-0.2, 0) is 18.4 Å². The summed E-state index contributed by atoms with van der Waals surface area (Å²) >= 11 is 5.80. The van der Waals surface area contributed by atoms with Gasteiger partial charge in [0.1, 0.15) is 5.69 Å². The van der Waals surface area contributed by atoms with E-state index in [4.69, 9.17) is 16.3 Å². The van der Waals surface area contributed by atoms with Crippen LogP contribution in [0.2, 0.25) is 5.02 Å². The molecule has 7 heteroatoms. The second-order valence-electron chi connectivity index (χ2n) is 4.69. The van der Waals surface area contributed by atoms with Crippen LogP contribution >= 0.6 is 11.6 Å². The molecule has 0 aliphatic carbocycles. The van der Waals surface area contributed by atoms with Crippen molar-refractivity contribution in [1.29, 1.82) is 0 Å². The molecule has 1 atom stereocenters. The second-order valence-corrected chi connectivity index (χ2v) is 5.13. The van der Waals surface area contributed by atoms with Crippen LogP contribution in [0.15, 0.2) is 24.5 Å². The lowest BCUT2D eigenvalue weighted by Gasteiger charge is -2.13. The van der Waals surface area contributed by atoms with Crippen molar-refractivity contribution in [3.63, 3.8) is 0 Å². The Balaban J connectivity index is 2.12. The Morgan fingerprint density at radius 3 is 2.90 bits per heavy atom. The smallest absolute Gasteiger partial charge is 0.255 e. The first kappa shape index (κ1) is 15.5. The van der Waals surface area contributed by atoms with Gasteiger partial charge >= 0.3 is 0 Å². The van der Waals surface area contributed by atoms with E-state index >= 15 is 0 Å². The Morgan fingerprint density at radius 1 is 1.52 bits per heavy atom. The second kappa shape index (κ2) is 6.69. The van der Waals surface area contributed by atoms with E-state index in [1.54, 1.807) is 43.4 Å². The summed E-state index contributed by atoms with van der Waals surface area (Å²) < 4.78 is 6.64. The Bertz CT molecular complexity index is 624. The molecule has 0 fully saturated rings. The van der Waals surface area contributed by atoms with Crippen LogP contribution in [0.3, 0.4) is 0 Å². The largest absolute Gasteiger partial charge is 0.378 e. The topological polar surface area (TPSA) is 69.0 Å². The molecule has 1 N–H and O–H groups in total. The van der Waals surface area contributed by atoms with E-state index in [0.29, 0.717) is 16.3 Å². The van der Waals surface area contributed by atoms with Crippen LogP contribution < -0.4 is 5.32 Å². The van der Waals surface area contributed by atoms with Gasteiger partial charge in [0.25, 0.3) is 5.91 Å². The van der Waals surface area contributed by atoms with E-state index in [1.165, 1.54) is 0 Å². The third kappa shape index (κ3) is 3.80. The highest BCUT2D eigenvalue weighted by atomic mass is 35.5. The SMILES string of the molecule is COCc1nn(C)cc1C(=O)N[C@H](C)c1ccc(Cl)cn1. The van der Waals surface area contributed by atoms with Gasteiger partial charge in [-0.3, -0.25) is 14.5 Å². The third-order valence-electron chi connectivity index (χ3n) is 2.97. The molecule has 2 aromatic rings. The summed E-state index contributed by atoms with van der Waals surface area (Å²) in [5.41, 5.74) is 1.85. The van der Waals surface area contributed by atoms with Crippen molar-refractivity contribution >= 4 is 17.5 Å². The van der Waals surface area contributed by atoms with Gasteiger partial charge in [0.05, 0.1) is 28.9 Å². The maximum atomic E-state index is 12.3. The number of nitrogens with one attached hydrogen (secondary N) is 1. The predicted octanol–water partition coefficient (Wildman–Crippen LogP) is 2.11. The zero-order valence-corrected chi connectivity index (χ0v) is 12.9. The number of pyridine rings is 1. The number of methoxy groups -OCH3 is 1. The predicted molar refractivity (Wildman–Crippen MR) is 79.0 cm³/mol. The molecule has 0 radical (unpaired) electrons. The molecule has 6 nitrogen and oxygen atoms in total. The Hall–Kier alpha value is -1.92. The molecule has 0 saturated heterocycles. The number of ether oxygens (including phenoxy) is 1. The van der Waals surface area contributed by atoms with E-state index in [1.807, 2.05) is 6.92 Å². The first-order chi connectivity index (χ1) is 10.0. The molecule has 112 valence electrons. The molecule has 0 unspecified atom stereocenters. The molecular weight excluding hydrogens is 292 g/mol. The van der Waals surface area contributed by atoms with Gasteiger partial charge in [0, 0.05) is 26.6 Å². The van der Waals surface area contributed by atoms with E-state index < -0.39 is 0 Å². The van der Waals surface area contributed by atoms with Crippen molar-refractivity contribution in [1.82, 2.24) is 20.1 Å². The third-order valence-corrected chi connectivity index (χ3v) is 3.20.